The number of amides is 1. The van der Waals surface area contributed by atoms with Gasteiger partial charge in [0.15, 0.2) is 5.69 Å². The van der Waals surface area contributed by atoms with E-state index in [0.717, 1.165) is 49.4 Å². The zero-order chi connectivity index (χ0) is 29.4. The minimum atomic E-state index is -0.400. The van der Waals surface area contributed by atoms with Gasteiger partial charge in [0, 0.05) is 10.0 Å². The predicted octanol–water partition coefficient (Wildman–Crippen LogP) is 8.31. The minimum absolute atomic E-state index is 0.264. The van der Waals surface area contributed by atoms with Crippen molar-refractivity contribution in [2.45, 2.75) is 6.61 Å². The molecule has 0 bridgehead atoms. The molecule has 1 aromatic heterocycles. The van der Waals surface area contributed by atoms with Crippen molar-refractivity contribution in [3.05, 3.63) is 161 Å². The number of nitrogens with one attached hydrogen (secondary N) is 1. The molecule has 210 valence electrons. The van der Waals surface area contributed by atoms with Crippen LogP contribution >= 0.6 is 15.9 Å². The van der Waals surface area contributed by atoms with Crippen LogP contribution in [0.2, 0.25) is 0 Å². The first-order valence-corrected chi connectivity index (χ1v) is 14.5. The summed E-state index contributed by atoms with van der Waals surface area (Å²) in [4.78, 5) is 13.1. The fourth-order valence-electron chi connectivity index (χ4n) is 4.55. The second-order valence-electron chi connectivity index (χ2n) is 9.79. The van der Waals surface area contributed by atoms with Crippen LogP contribution in [0.25, 0.3) is 28.1 Å². The number of hydrazone groups is 1. The third kappa shape index (κ3) is 6.97. The van der Waals surface area contributed by atoms with Crippen LogP contribution in [0.3, 0.4) is 0 Å². The van der Waals surface area contributed by atoms with Gasteiger partial charge in [0.2, 0.25) is 0 Å². The lowest BCUT2D eigenvalue weighted by Gasteiger charge is -2.08. The maximum absolute atomic E-state index is 13.1. The monoisotopic (exact) mass is 626 g/mol. The van der Waals surface area contributed by atoms with Crippen LogP contribution in [0.1, 0.15) is 21.6 Å². The number of hydrogen-bond donors (Lipinski definition) is 1. The third-order valence-electron chi connectivity index (χ3n) is 6.81. The Hall–Kier alpha value is -5.27. The quantitative estimate of drug-likeness (QED) is 0.130. The van der Waals surface area contributed by atoms with Crippen molar-refractivity contribution in [1.82, 2.24) is 15.2 Å². The van der Waals surface area contributed by atoms with E-state index >= 15 is 0 Å². The largest absolute Gasteiger partial charge is 0.489 e. The first-order chi connectivity index (χ1) is 21.1. The molecule has 1 heterocycles. The summed E-state index contributed by atoms with van der Waals surface area (Å²) in [6.07, 6.45) is 1.59. The average molecular weight is 628 g/mol. The van der Waals surface area contributed by atoms with Gasteiger partial charge in [-0.25, -0.2) is 10.1 Å². The van der Waals surface area contributed by atoms with Crippen LogP contribution < -0.4 is 10.2 Å². The normalized spacial score (nSPS) is 11.0. The lowest BCUT2D eigenvalue weighted by Crippen LogP contribution is -2.18. The Labute approximate surface area is 258 Å². The van der Waals surface area contributed by atoms with Crippen LogP contribution in [0.15, 0.2) is 149 Å². The molecule has 43 heavy (non-hydrogen) atoms. The van der Waals surface area contributed by atoms with E-state index in [2.05, 4.69) is 55.8 Å². The SMILES string of the molecule is O=C(N/N=C\c1ccc(OCc2ccc(Br)cc2)cc1)c1cc(-c2ccc(-c3ccccc3)cc2)n(-c2ccccc2)n1. The molecule has 1 N–H and O–H groups in total. The maximum Gasteiger partial charge on any atom is 0.291 e. The summed E-state index contributed by atoms with van der Waals surface area (Å²) in [6, 6.07) is 45.5. The van der Waals surface area contributed by atoms with Crippen molar-refractivity contribution in [3.8, 4) is 33.8 Å². The van der Waals surface area contributed by atoms with Crippen molar-refractivity contribution >= 4 is 28.1 Å². The Balaban J connectivity index is 1.15. The molecule has 0 fully saturated rings. The van der Waals surface area contributed by atoms with E-state index in [4.69, 9.17) is 4.74 Å². The van der Waals surface area contributed by atoms with E-state index in [0.29, 0.717) is 6.61 Å². The fraction of sp³-hybridized carbons (Fsp3) is 0.0278. The second kappa shape index (κ2) is 13.1. The smallest absolute Gasteiger partial charge is 0.291 e. The molecule has 6 rings (SSSR count). The first-order valence-electron chi connectivity index (χ1n) is 13.7. The van der Waals surface area contributed by atoms with E-state index < -0.39 is 5.91 Å². The highest BCUT2D eigenvalue weighted by atomic mass is 79.9. The molecule has 0 unspecified atom stereocenters. The lowest BCUT2D eigenvalue weighted by molar-refractivity contribution is 0.0949. The standard InChI is InChI=1S/C36H27BrN4O2/c37-31-19-11-27(12-20-31)25-43-33-21-13-26(14-22-33)24-38-39-36(42)34-23-35(41(40-34)32-9-5-2-6-10-32)30-17-15-29(16-18-30)28-7-3-1-4-8-28/h1-24H,25H2,(H,39,42)/b38-24-. The lowest BCUT2D eigenvalue weighted by atomic mass is 10.0. The molecule has 0 saturated heterocycles. The van der Waals surface area contributed by atoms with Gasteiger partial charge in [-0.3, -0.25) is 4.79 Å². The van der Waals surface area contributed by atoms with Crippen LogP contribution in [0.5, 0.6) is 5.75 Å². The molecule has 0 radical (unpaired) electrons. The summed E-state index contributed by atoms with van der Waals surface area (Å²) in [5, 5.41) is 8.80. The van der Waals surface area contributed by atoms with E-state index in [-0.39, 0.29) is 5.69 Å². The Morgan fingerprint density at radius 3 is 2.09 bits per heavy atom. The van der Waals surface area contributed by atoms with E-state index in [9.17, 15) is 4.79 Å². The number of halogens is 1. The number of benzene rings is 5. The molecule has 0 aliphatic rings. The van der Waals surface area contributed by atoms with Crippen LogP contribution in [0.4, 0.5) is 0 Å². The number of carbonyl (C=O) groups is 1. The molecular weight excluding hydrogens is 600 g/mol. The van der Waals surface area contributed by atoms with Gasteiger partial charge in [-0.05, 0) is 76.9 Å². The summed E-state index contributed by atoms with van der Waals surface area (Å²) < 4.78 is 8.68. The third-order valence-corrected chi connectivity index (χ3v) is 7.34. The van der Waals surface area contributed by atoms with Crippen LogP contribution in [0, 0.1) is 0 Å². The highest BCUT2D eigenvalue weighted by molar-refractivity contribution is 9.10. The Bertz CT molecular complexity index is 1830. The van der Waals surface area contributed by atoms with Gasteiger partial charge in [0.05, 0.1) is 17.6 Å². The highest BCUT2D eigenvalue weighted by Crippen LogP contribution is 2.27. The van der Waals surface area contributed by atoms with Crippen molar-refractivity contribution in [3.63, 3.8) is 0 Å². The zero-order valence-electron chi connectivity index (χ0n) is 23.1. The van der Waals surface area contributed by atoms with Crippen molar-refractivity contribution < 1.29 is 9.53 Å². The van der Waals surface area contributed by atoms with Gasteiger partial charge in [0.1, 0.15) is 12.4 Å². The van der Waals surface area contributed by atoms with E-state index in [1.807, 2.05) is 109 Å². The predicted molar refractivity (Wildman–Crippen MR) is 174 cm³/mol. The maximum atomic E-state index is 13.1. The number of aromatic nitrogens is 2. The molecule has 0 spiro atoms. The van der Waals surface area contributed by atoms with E-state index in [1.165, 1.54) is 0 Å². The number of para-hydroxylation sites is 1. The summed E-state index contributed by atoms with van der Waals surface area (Å²) >= 11 is 3.44. The molecule has 7 heteroatoms. The van der Waals surface area contributed by atoms with E-state index in [1.54, 1.807) is 17.0 Å². The Kier molecular flexibility index (Phi) is 8.52. The van der Waals surface area contributed by atoms with Gasteiger partial charge in [0.25, 0.3) is 5.91 Å². The molecule has 0 aliphatic carbocycles. The molecule has 1 amide bonds. The van der Waals surface area contributed by atoms with Crippen molar-refractivity contribution in [2.75, 3.05) is 0 Å². The van der Waals surface area contributed by atoms with Gasteiger partial charge in [-0.1, -0.05) is 101 Å². The topological polar surface area (TPSA) is 68.5 Å². The second-order valence-corrected chi connectivity index (χ2v) is 10.7. The van der Waals surface area contributed by atoms with Crippen LogP contribution in [-0.4, -0.2) is 21.9 Å². The Morgan fingerprint density at radius 2 is 1.40 bits per heavy atom. The number of nitrogens with zero attached hydrogens (tertiary/aromatic N) is 3. The molecular formula is C36H27BrN4O2. The fourth-order valence-corrected chi connectivity index (χ4v) is 4.81. The molecule has 0 saturated carbocycles. The van der Waals surface area contributed by atoms with Gasteiger partial charge >= 0.3 is 0 Å². The molecule has 6 aromatic rings. The van der Waals surface area contributed by atoms with Crippen LogP contribution in [-0.2, 0) is 6.61 Å². The molecule has 0 aliphatic heterocycles. The summed E-state index contributed by atoms with van der Waals surface area (Å²) in [5.41, 5.74) is 9.64. The summed E-state index contributed by atoms with van der Waals surface area (Å²) in [6.45, 7) is 0.478. The Morgan fingerprint density at radius 1 is 0.767 bits per heavy atom. The average Bonchev–Trinajstić information content (AvgIpc) is 3.52. The molecule has 0 atom stereocenters. The first kappa shape index (κ1) is 27.9. The van der Waals surface area contributed by atoms with Crippen molar-refractivity contribution in [2.24, 2.45) is 5.10 Å². The summed E-state index contributed by atoms with van der Waals surface area (Å²) in [5.74, 6) is 0.349. The highest BCUT2D eigenvalue weighted by Gasteiger charge is 2.17. The van der Waals surface area contributed by atoms with Crippen molar-refractivity contribution in [1.29, 1.82) is 0 Å². The summed E-state index contributed by atoms with van der Waals surface area (Å²) in [7, 11) is 0. The molecule has 5 aromatic carbocycles. The number of carbonyl (C=O) groups excluding carboxylic acids is 1. The zero-order valence-corrected chi connectivity index (χ0v) is 24.7. The van der Waals surface area contributed by atoms with Gasteiger partial charge < -0.3 is 4.74 Å². The van der Waals surface area contributed by atoms with Gasteiger partial charge in [-0.2, -0.15) is 10.2 Å². The molecule has 6 nitrogen and oxygen atoms in total. The number of rotatable bonds is 9. The minimum Gasteiger partial charge on any atom is -0.489 e. The number of hydrogen-bond acceptors (Lipinski definition) is 4. The number of ether oxygens (including phenoxy) is 1. The van der Waals surface area contributed by atoms with Gasteiger partial charge in [-0.15, -0.1) is 0 Å².